The minimum absolute atomic E-state index is 0. The van der Waals surface area contributed by atoms with Crippen LogP contribution >= 0.6 is 12.4 Å². The predicted octanol–water partition coefficient (Wildman–Crippen LogP) is 1.90. The highest BCUT2D eigenvalue weighted by atomic mass is 35.5. The van der Waals surface area contributed by atoms with Gasteiger partial charge in [-0.3, -0.25) is 4.79 Å². The van der Waals surface area contributed by atoms with E-state index in [9.17, 15) is 9.18 Å². The van der Waals surface area contributed by atoms with Gasteiger partial charge in [0.2, 0.25) is 0 Å². The van der Waals surface area contributed by atoms with Crippen LogP contribution in [0.4, 0.5) is 10.1 Å². The summed E-state index contributed by atoms with van der Waals surface area (Å²) in [7, 11) is 0. The van der Waals surface area contributed by atoms with Crippen molar-refractivity contribution in [3.05, 3.63) is 29.6 Å². The Kier molecular flexibility index (Phi) is 4.20. The highest BCUT2D eigenvalue weighted by Crippen LogP contribution is 2.36. The van der Waals surface area contributed by atoms with Gasteiger partial charge < -0.3 is 15.5 Å². The molecule has 2 heterocycles. The number of hydrogen-bond acceptors (Lipinski definition) is 3. The molecular weight excluding hydrogens is 281 g/mol. The maximum Gasteiger partial charge on any atom is 0.255 e. The van der Waals surface area contributed by atoms with Gasteiger partial charge >= 0.3 is 0 Å². The molecule has 1 saturated heterocycles. The van der Waals surface area contributed by atoms with Crippen LogP contribution < -0.4 is 15.5 Å². The molecule has 0 aromatic heterocycles. The van der Waals surface area contributed by atoms with Crippen molar-refractivity contribution in [3.8, 4) is 0 Å². The van der Waals surface area contributed by atoms with Crippen molar-refractivity contribution in [1.82, 2.24) is 10.6 Å². The molecule has 1 aromatic carbocycles. The zero-order valence-corrected chi connectivity index (χ0v) is 12.2. The summed E-state index contributed by atoms with van der Waals surface area (Å²) in [5, 5.41) is 6.43. The fourth-order valence-electron chi connectivity index (χ4n) is 3.21. The Morgan fingerprint density at radius 1 is 1.35 bits per heavy atom. The zero-order valence-electron chi connectivity index (χ0n) is 11.4. The molecule has 1 amide bonds. The maximum absolute atomic E-state index is 13.5. The van der Waals surface area contributed by atoms with Gasteiger partial charge in [-0.05, 0) is 38.2 Å². The Balaban J connectivity index is 0.00000147. The van der Waals surface area contributed by atoms with Crippen LogP contribution in [0.25, 0.3) is 0 Å². The molecule has 2 aliphatic heterocycles. The van der Waals surface area contributed by atoms with Crippen LogP contribution in [0.1, 0.15) is 30.1 Å². The lowest BCUT2D eigenvalue weighted by Crippen LogP contribution is -2.67. The molecule has 2 aliphatic rings. The topological polar surface area (TPSA) is 44.4 Å². The first-order chi connectivity index (χ1) is 9.16. The van der Waals surface area contributed by atoms with Crippen molar-refractivity contribution in [3.63, 3.8) is 0 Å². The summed E-state index contributed by atoms with van der Waals surface area (Å²) in [6, 6.07) is 4.38. The smallest absolute Gasteiger partial charge is 0.255 e. The van der Waals surface area contributed by atoms with E-state index in [4.69, 9.17) is 0 Å². The molecule has 0 bridgehead atoms. The van der Waals surface area contributed by atoms with Crippen molar-refractivity contribution in [2.75, 3.05) is 24.5 Å². The number of anilines is 1. The minimum Gasteiger partial charge on any atom is -0.348 e. The number of halogens is 2. The third kappa shape index (κ3) is 2.25. The second-order valence-corrected chi connectivity index (χ2v) is 5.14. The number of fused-ring (bicyclic) bond motifs is 1. The number of carbonyl (C=O) groups excluding carboxylic acids is 1. The molecule has 3 rings (SSSR count). The number of nitrogens with one attached hydrogen (secondary N) is 2. The predicted molar refractivity (Wildman–Crippen MR) is 79.0 cm³/mol. The Morgan fingerprint density at radius 2 is 2.05 bits per heavy atom. The van der Waals surface area contributed by atoms with Crippen LogP contribution in [0.15, 0.2) is 18.2 Å². The van der Waals surface area contributed by atoms with Crippen molar-refractivity contribution in [2.45, 2.75) is 25.4 Å². The van der Waals surface area contributed by atoms with Gasteiger partial charge in [0.15, 0.2) is 0 Å². The molecule has 1 fully saturated rings. The SMILES string of the molecule is CCN1c2cc(F)ccc2C(=O)NC12CCNCC2.Cl. The summed E-state index contributed by atoms with van der Waals surface area (Å²) in [5.74, 6) is -0.391. The van der Waals surface area contributed by atoms with E-state index in [1.165, 1.54) is 12.1 Å². The number of rotatable bonds is 1. The lowest BCUT2D eigenvalue weighted by Gasteiger charge is -2.51. The van der Waals surface area contributed by atoms with Gasteiger partial charge in [-0.15, -0.1) is 12.4 Å². The van der Waals surface area contributed by atoms with Gasteiger partial charge in [-0.1, -0.05) is 0 Å². The van der Waals surface area contributed by atoms with E-state index in [0.29, 0.717) is 11.3 Å². The quantitative estimate of drug-likeness (QED) is 0.832. The molecule has 1 spiro atoms. The molecule has 4 nitrogen and oxygen atoms in total. The van der Waals surface area contributed by atoms with Crippen molar-refractivity contribution >= 4 is 24.0 Å². The average molecular weight is 300 g/mol. The van der Waals surface area contributed by atoms with E-state index in [1.807, 2.05) is 6.92 Å². The fourth-order valence-corrected chi connectivity index (χ4v) is 3.21. The molecule has 6 heteroatoms. The first-order valence-corrected chi connectivity index (χ1v) is 6.77. The normalized spacial score (nSPS) is 20.1. The standard InChI is InChI=1S/C14H18FN3O.ClH/c1-2-18-12-9-10(15)3-4-11(12)13(19)17-14(18)5-7-16-8-6-14;/h3-4,9,16H,2,5-8H2,1H3,(H,17,19);1H. The van der Waals surface area contributed by atoms with E-state index in [1.54, 1.807) is 6.07 Å². The lowest BCUT2D eigenvalue weighted by molar-refractivity contribution is 0.0852. The Labute approximate surface area is 124 Å². The van der Waals surface area contributed by atoms with Crippen molar-refractivity contribution < 1.29 is 9.18 Å². The zero-order chi connectivity index (χ0) is 13.5. The van der Waals surface area contributed by atoms with Crippen LogP contribution in [0.5, 0.6) is 0 Å². The Morgan fingerprint density at radius 3 is 2.70 bits per heavy atom. The van der Waals surface area contributed by atoms with E-state index < -0.39 is 0 Å². The van der Waals surface area contributed by atoms with E-state index >= 15 is 0 Å². The van der Waals surface area contributed by atoms with E-state index in [2.05, 4.69) is 15.5 Å². The van der Waals surface area contributed by atoms with Gasteiger partial charge in [0.1, 0.15) is 11.5 Å². The van der Waals surface area contributed by atoms with Crippen LogP contribution in [0.3, 0.4) is 0 Å². The van der Waals surface area contributed by atoms with Gasteiger partial charge in [0, 0.05) is 19.4 Å². The van der Waals surface area contributed by atoms with Gasteiger partial charge in [0.25, 0.3) is 5.91 Å². The van der Waals surface area contributed by atoms with Crippen LogP contribution in [0, 0.1) is 5.82 Å². The Hall–Kier alpha value is -1.33. The summed E-state index contributed by atoms with van der Waals surface area (Å²) in [4.78, 5) is 14.4. The molecule has 0 radical (unpaired) electrons. The summed E-state index contributed by atoms with van der Waals surface area (Å²) >= 11 is 0. The second-order valence-electron chi connectivity index (χ2n) is 5.14. The van der Waals surface area contributed by atoms with Crippen molar-refractivity contribution in [1.29, 1.82) is 0 Å². The number of benzene rings is 1. The molecular formula is C14H19ClFN3O. The van der Waals surface area contributed by atoms with Crippen LogP contribution in [-0.2, 0) is 0 Å². The molecule has 0 saturated carbocycles. The first kappa shape index (κ1) is 15.1. The van der Waals surface area contributed by atoms with E-state index in [-0.39, 0.29) is 29.8 Å². The number of nitrogens with zero attached hydrogens (tertiary/aromatic N) is 1. The monoisotopic (exact) mass is 299 g/mol. The van der Waals surface area contributed by atoms with E-state index in [0.717, 1.165) is 32.5 Å². The third-order valence-electron chi connectivity index (χ3n) is 4.11. The van der Waals surface area contributed by atoms with Crippen molar-refractivity contribution in [2.24, 2.45) is 0 Å². The van der Waals surface area contributed by atoms with Crippen LogP contribution in [0.2, 0.25) is 0 Å². The average Bonchev–Trinajstić information content (AvgIpc) is 2.39. The maximum atomic E-state index is 13.5. The highest BCUT2D eigenvalue weighted by molar-refractivity contribution is 6.02. The molecule has 0 aliphatic carbocycles. The minimum atomic E-state index is -0.363. The third-order valence-corrected chi connectivity index (χ3v) is 4.11. The lowest BCUT2D eigenvalue weighted by atomic mass is 9.90. The largest absolute Gasteiger partial charge is 0.348 e. The fraction of sp³-hybridized carbons (Fsp3) is 0.500. The molecule has 110 valence electrons. The number of carbonyl (C=O) groups is 1. The second kappa shape index (κ2) is 5.58. The molecule has 0 atom stereocenters. The summed E-state index contributed by atoms with van der Waals surface area (Å²) in [5.41, 5.74) is 0.915. The van der Waals surface area contributed by atoms with Gasteiger partial charge in [-0.25, -0.2) is 4.39 Å². The summed E-state index contributed by atoms with van der Waals surface area (Å²) in [6.07, 6.45) is 1.67. The van der Waals surface area contributed by atoms with Gasteiger partial charge in [-0.2, -0.15) is 0 Å². The molecule has 0 unspecified atom stereocenters. The number of hydrogen-bond donors (Lipinski definition) is 2. The number of piperidine rings is 1. The molecule has 2 N–H and O–H groups in total. The number of amides is 1. The first-order valence-electron chi connectivity index (χ1n) is 6.77. The van der Waals surface area contributed by atoms with Crippen LogP contribution in [-0.4, -0.2) is 31.2 Å². The highest BCUT2D eigenvalue weighted by Gasteiger charge is 2.43. The molecule has 1 aromatic rings. The Bertz CT molecular complexity index is 517. The summed E-state index contributed by atoms with van der Waals surface area (Å²) < 4.78 is 13.5. The molecule has 20 heavy (non-hydrogen) atoms. The van der Waals surface area contributed by atoms with Gasteiger partial charge in [0.05, 0.1) is 11.3 Å². The summed E-state index contributed by atoms with van der Waals surface area (Å²) in [6.45, 7) is 4.51.